The number of hydrazine groups is 1. The third-order valence-corrected chi connectivity index (χ3v) is 2.26. The summed E-state index contributed by atoms with van der Waals surface area (Å²) in [5, 5.41) is 0. The van der Waals surface area contributed by atoms with E-state index in [0.717, 1.165) is 25.3 Å². The van der Waals surface area contributed by atoms with Crippen molar-refractivity contribution in [3.8, 4) is 0 Å². The Morgan fingerprint density at radius 1 is 1.31 bits per heavy atom. The molecule has 3 N–H and O–H groups in total. The van der Waals surface area contributed by atoms with Gasteiger partial charge in [0.25, 0.3) is 0 Å². The molecule has 0 unspecified atom stereocenters. The Bertz CT molecular complexity index is 314. The van der Waals surface area contributed by atoms with Gasteiger partial charge in [-0.2, -0.15) is 4.98 Å². The Kier molecular flexibility index (Phi) is 4.94. The van der Waals surface area contributed by atoms with Crippen molar-refractivity contribution in [1.29, 1.82) is 0 Å². The maximum absolute atomic E-state index is 5.26. The lowest BCUT2D eigenvalue weighted by Gasteiger charge is -2.19. The molecule has 0 spiro atoms. The van der Waals surface area contributed by atoms with Gasteiger partial charge in [0, 0.05) is 19.8 Å². The van der Waals surface area contributed by atoms with E-state index < -0.39 is 0 Å². The molecule has 1 rings (SSSR count). The number of anilines is 2. The number of rotatable bonds is 6. The predicted molar refractivity (Wildman–Crippen MR) is 66.3 cm³/mol. The summed E-state index contributed by atoms with van der Waals surface area (Å²) in [7, 11) is 6.15. The monoisotopic (exact) mass is 224 g/mol. The van der Waals surface area contributed by atoms with Crippen LogP contribution in [0.4, 0.5) is 11.8 Å². The van der Waals surface area contributed by atoms with E-state index >= 15 is 0 Å². The molecule has 16 heavy (non-hydrogen) atoms. The van der Waals surface area contributed by atoms with Crippen molar-refractivity contribution in [2.45, 2.75) is 6.42 Å². The quantitative estimate of drug-likeness (QED) is 0.529. The summed E-state index contributed by atoms with van der Waals surface area (Å²) >= 11 is 0. The smallest absolute Gasteiger partial charge is 0.239 e. The van der Waals surface area contributed by atoms with Gasteiger partial charge in [0.15, 0.2) is 0 Å². The Morgan fingerprint density at radius 2 is 2.06 bits per heavy atom. The molecule has 0 saturated heterocycles. The molecule has 90 valence electrons. The first-order valence-corrected chi connectivity index (χ1v) is 5.29. The second kappa shape index (κ2) is 6.24. The lowest BCUT2D eigenvalue weighted by atomic mass is 10.3. The Hall–Kier alpha value is -1.40. The minimum atomic E-state index is 0.442. The summed E-state index contributed by atoms with van der Waals surface area (Å²) < 4.78 is 0. The van der Waals surface area contributed by atoms with E-state index in [4.69, 9.17) is 5.84 Å². The van der Waals surface area contributed by atoms with E-state index in [2.05, 4.69) is 39.3 Å². The molecule has 0 fully saturated rings. The molecule has 0 amide bonds. The van der Waals surface area contributed by atoms with Crippen LogP contribution in [0, 0.1) is 0 Å². The Morgan fingerprint density at radius 3 is 2.69 bits per heavy atom. The highest BCUT2D eigenvalue weighted by Crippen LogP contribution is 2.09. The summed E-state index contributed by atoms with van der Waals surface area (Å²) in [6.45, 7) is 2.02. The summed E-state index contributed by atoms with van der Waals surface area (Å²) in [5.41, 5.74) is 2.44. The van der Waals surface area contributed by atoms with E-state index in [1.165, 1.54) is 0 Å². The lowest BCUT2D eigenvalue weighted by Crippen LogP contribution is -2.24. The summed E-state index contributed by atoms with van der Waals surface area (Å²) in [6.07, 6.45) is 2.79. The van der Waals surface area contributed by atoms with Crippen molar-refractivity contribution >= 4 is 11.8 Å². The fourth-order valence-corrected chi connectivity index (χ4v) is 1.37. The SMILES string of the molecule is CN(C)CCCN(C)c1ccnc(NN)n1. The third kappa shape index (κ3) is 4.00. The van der Waals surface area contributed by atoms with Crippen LogP contribution >= 0.6 is 0 Å². The zero-order valence-electron chi connectivity index (χ0n) is 10.1. The zero-order valence-corrected chi connectivity index (χ0v) is 10.1. The average molecular weight is 224 g/mol. The van der Waals surface area contributed by atoms with Crippen LogP contribution in [0.5, 0.6) is 0 Å². The normalized spacial score (nSPS) is 10.6. The lowest BCUT2D eigenvalue weighted by molar-refractivity contribution is 0.401. The number of nitrogens with two attached hydrogens (primary N) is 1. The Labute approximate surface area is 96.4 Å². The van der Waals surface area contributed by atoms with E-state index in [-0.39, 0.29) is 0 Å². The van der Waals surface area contributed by atoms with Crippen molar-refractivity contribution in [3.63, 3.8) is 0 Å². The van der Waals surface area contributed by atoms with Gasteiger partial charge in [-0.1, -0.05) is 0 Å². The molecule has 0 saturated carbocycles. The maximum atomic E-state index is 5.26. The zero-order chi connectivity index (χ0) is 12.0. The standard InChI is InChI=1S/C10H20N6/c1-15(2)7-4-8-16(3)9-5-6-12-10(13-9)14-11/h5-6H,4,7-8,11H2,1-3H3,(H,12,13,14). The summed E-state index contributed by atoms with van der Waals surface area (Å²) in [6, 6.07) is 1.87. The molecule has 0 atom stereocenters. The highest BCUT2D eigenvalue weighted by Gasteiger charge is 2.03. The van der Waals surface area contributed by atoms with Gasteiger partial charge < -0.3 is 9.80 Å². The molecule has 0 aliphatic rings. The van der Waals surface area contributed by atoms with Crippen molar-refractivity contribution < 1.29 is 0 Å². The van der Waals surface area contributed by atoms with Crippen LogP contribution in [0.1, 0.15) is 6.42 Å². The molecular weight excluding hydrogens is 204 g/mol. The molecule has 0 radical (unpaired) electrons. The molecule has 0 bridgehead atoms. The van der Waals surface area contributed by atoms with Crippen LogP contribution in [0.25, 0.3) is 0 Å². The third-order valence-electron chi connectivity index (χ3n) is 2.26. The second-order valence-corrected chi connectivity index (χ2v) is 3.96. The van der Waals surface area contributed by atoms with E-state index in [1.54, 1.807) is 6.20 Å². The molecular formula is C10H20N6. The van der Waals surface area contributed by atoms with Gasteiger partial charge in [-0.3, -0.25) is 5.43 Å². The Balaban J connectivity index is 2.48. The molecule has 0 aliphatic carbocycles. The molecule has 0 aromatic carbocycles. The van der Waals surface area contributed by atoms with Gasteiger partial charge in [0.1, 0.15) is 5.82 Å². The topological polar surface area (TPSA) is 70.3 Å². The summed E-state index contributed by atoms with van der Waals surface area (Å²) in [5.74, 6) is 6.58. The van der Waals surface area contributed by atoms with Crippen molar-refractivity contribution in [2.75, 3.05) is 44.6 Å². The van der Waals surface area contributed by atoms with Crippen LogP contribution in [0.15, 0.2) is 12.3 Å². The van der Waals surface area contributed by atoms with Crippen LogP contribution in [0.2, 0.25) is 0 Å². The van der Waals surface area contributed by atoms with Gasteiger partial charge in [-0.15, -0.1) is 0 Å². The molecule has 6 heteroatoms. The fraction of sp³-hybridized carbons (Fsp3) is 0.600. The largest absolute Gasteiger partial charge is 0.359 e. The molecule has 1 aromatic rings. The first-order chi connectivity index (χ1) is 7.63. The van der Waals surface area contributed by atoms with Gasteiger partial charge in [0.2, 0.25) is 5.95 Å². The van der Waals surface area contributed by atoms with Crippen molar-refractivity contribution in [2.24, 2.45) is 5.84 Å². The van der Waals surface area contributed by atoms with Gasteiger partial charge in [0.05, 0.1) is 0 Å². The molecule has 1 heterocycles. The first-order valence-electron chi connectivity index (χ1n) is 5.29. The summed E-state index contributed by atoms with van der Waals surface area (Å²) in [4.78, 5) is 12.5. The highest BCUT2D eigenvalue weighted by atomic mass is 15.3. The van der Waals surface area contributed by atoms with E-state index in [9.17, 15) is 0 Å². The predicted octanol–water partition coefficient (Wildman–Crippen LogP) is 0.150. The minimum absolute atomic E-state index is 0.442. The number of aromatic nitrogens is 2. The van der Waals surface area contributed by atoms with Crippen LogP contribution in [-0.4, -0.2) is 49.1 Å². The van der Waals surface area contributed by atoms with Crippen molar-refractivity contribution in [1.82, 2.24) is 14.9 Å². The maximum Gasteiger partial charge on any atom is 0.239 e. The van der Waals surface area contributed by atoms with E-state index in [1.807, 2.05) is 13.1 Å². The molecule has 6 nitrogen and oxygen atoms in total. The van der Waals surface area contributed by atoms with Gasteiger partial charge in [-0.25, -0.2) is 10.8 Å². The van der Waals surface area contributed by atoms with Gasteiger partial charge in [-0.05, 0) is 33.1 Å². The molecule has 0 aliphatic heterocycles. The minimum Gasteiger partial charge on any atom is -0.359 e. The fourth-order valence-electron chi connectivity index (χ4n) is 1.37. The molecule has 1 aromatic heterocycles. The van der Waals surface area contributed by atoms with Gasteiger partial charge >= 0.3 is 0 Å². The number of hydrogen-bond donors (Lipinski definition) is 2. The number of nitrogens with zero attached hydrogens (tertiary/aromatic N) is 4. The first kappa shape index (κ1) is 12.7. The van der Waals surface area contributed by atoms with E-state index in [0.29, 0.717) is 5.95 Å². The van der Waals surface area contributed by atoms with Crippen LogP contribution in [-0.2, 0) is 0 Å². The van der Waals surface area contributed by atoms with Crippen LogP contribution in [0.3, 0.4) is 0 Å². The van der Waals surface area contributed by atoms with Crippen molar-refractivity contribution in [3.05, 3.63) is 12.3 Å². The number of nitrogens with one attached hydrogen (secondary N) is 1. The number of nitrogen functional groups attached to an aromatic ring is 1. The average Bonchev–Trinajstić information content (AvgIpc) is 2.28. The van der Waals surface area contributed by atoms with Crippen LogP contribution < -0.4 is 16.2 Å². The second-order valence-electron chi connectivity index (χ2n) is 3.96. The number of hydrogen-bond acceptors (Lipinski definition) is 6. The highest BCUT2D eigenvalue weighted by molar-refractivity contribution is 5.40.